The van der Waals surface area contributed by atoms with Gasteiger partial charge in [-0.05, 0) is 105 Å². The minimum atomic E-state index is -0.0697. The summed E-state index contributed by atoms with van der Waals surface area (Å²) in [4.78, 5) is 6.87. The molecule has 0 unspecified atom stereocenters. The number of hydrogen-bond donors (Lipinski definition) is 1. The van der Waals surface area contributed by atoms with Gasteiger partial charge in [0, 0.05) is 29.8 Å². The Morgan fingerprint density at radius 2 is 1.61 bits per heavy atom. The summed E-state index contributed by atoms with van der Waals surface area (Å²) < 4.78 is 13.6. The Morgan fingerprint density at radius 1 is 0.944 bits per heavy atom. The highest BCUT2D eigenvalue weighted by Gasteiger charge is 2.42. The minimum absolute atomic E-state index is 0.0349. The molecule has 0 saturated carbocycles. The van der Waals surface area contributed by atoms with Gasteiger partial charge in [0.05, 0.1) is 24.9 Å². The number of methoxy groups -OCH3 is 1. The van der Waals surface area contributed by atoms with E-state index >= 15 is 0 Å². The number of nitrogens with one attached hydrogen (secondary N) is 1. The highest BCUT2D eigenvalue weighted by Crippen LogP contribution is 2.43. The van der Waals surface area contributed by atoms with Crippen molar-refractivity contribution in [1.82, 2.24) is 14.9 Å². The van der Waals surface area contributed by atoms with Gasteiger partial charge in [-0.2, -0.15) is 0 Å². The second-order valence-electron chi connectivity index (χ2n) is 8.84. The van der Waals surface area contributed by atoms with E-state index in [0.29, 0.717) is 5.11 Å². The van der Waals surface area contributed by atoms with E-state index in [0.717, 1.165) is 35.2 Å². The highest BCUT2D eigenvalue weighted by atomic mass is 32.1. The molecule has 7 heteroatoms. The number of thiocarbonyl (C=S) groups is 1. The fourth-order valence-corrected chi connectivity index (χ4v) is 5.36. The third-order valence-corrected chi connectivity index (χ3v) is 7.07. The standard InChI is InChI=1S/C29H30N4O2S/c1-5-32-19(2)18-25(20(32)3)28-27(26-8-6-7-17-30-26)31-29(36)33(28)21-9-11-23(12-10-21)35-24-15-13-22(34-4)14-16-24/h6-18,27-28H,5H2,1-4H3,(H,31,36)/t27-,28+/m1/s1. The number of aromatic nitrogens is 2. The zero-order valence-electron chi connectivity index (χ0n) is 20.9. The molecule has 0 radical (unpaired) electrons. The SMILES string of the molecule is CCn1c(C)cc([C@H]2[C@@H](c3ccccn3)NC(=S)N2c2ccc(Oc3ccc(OC)cc3)cc2)c1C. The highest BCUT2D eigenvalue weighted by molar-refractivity contribution is 7.80. The molecule has 2 aromatic heterocycles. The second-order valence-corrected chi connectivity index (χ2v) is 9.23. The van der Waals surface area contributed by atoms with Gasteiger partial charge in [-0.3, -0.25) is 4.98 Å². The topological polar surface area (TPSA) is 51.6 Å². The van der Waals surface area contributed by atoms with Gasteiger partial charge in [-0.1, -0.05) is 6.07 Å². The molecule has 2 aromatic carbocycles. The minimum Gasteiger partial charge on any atom is -0.497 e. The Bertz CT molecular complexity index is 1350. The van der Waals surface area contributed by atoms with E-state index in [1.165, 1.54) is 17.0 Å². The average Bonchev–Trinajstić information content (AvgIpc) is 3.40. The summed E-state index contributed by atoms with van der Waals surface area (Å²) in [6.07, 6.45) is 1.83. The van der Waals surface area contributed by atoms with Crippen LogP contribution in [0.1, 0.15) is 41.7 Å². The van der Waals surface area contributed by atoms with Crippen LogP contribution in [0.2, 0.25) is 0 Å². The van der Waals surface area contributed by atoms with Gasteiger partial charge in [0.2, 0.25) is 0 Å². The lowest BCUT2D eigenvalue weighted by atomic mass is 9.96. The van der Waals surface area contributed by atoms with Crippen molar-refractivity contribution in [2.24, 2.45) is 0 Å². The smallest absolute Gasteiger partial charge is 0.174 e. The Labute approximate surface area is 217 Å². The summed E-state index contributed by atoms with van der Waals surface area (Å²) in [5.74, 6) is 2.30. The van der Waals surface area contributed by atoms with E-state index in [2.05, 4.69) is 64.8 Å². The predicted molar refractivity (Wildman–Crippen MR) is 147 cm³/mol. The number of pyridine rings is 1. The van der Waals surface area contributed by atoms with Crippen LogP contribution in [0.3, 0.4) is 0 Å². The van der Waals surface area contributed by atoms with Crippen LogP contribution in [0.25, 0.3) is 0 Å². The normalized spacial score (nSPS) is 17.2. The van der Waals surface area contributed by atoms with E-state index in [-0.39, 0.29) is 12.1 Å². The average molecular weight is 499 g/mol. The summed E-state index contributed by atoms with van der Waals surface area (Å²) in [6, 6.07) is 23.8. The fraction of sp³-hybridized carbons (Fsp3) is 0.241. The van der Waals surface area contributed by atoms with Crippen LogP contribution in [0.5, 0.6) is 17.2 Å². The predicted octanol–water partition coefficient (Wildman–Crippen LogP) is 6.50. The first-order valence-electron chi connectivity index (χ1n) is 12.1. The second kappa shape index (κ2) is 10.0. The number of rotatable bonds is 7. The van der Waals surface area contributed by atoms with E-state index in [1.54, 1.807) is 7.11 Å². The number of anilines is 1. The first kappa shape index (κ1) is 23.9. The number of benzene rings is 2. The maximum atomic E-state index is 6.04. The molecule has 0 amide bonds. The van der Waals surface area contributed by atoms with Crippen molar-refractivity contribution in [3.8, 4) is 17.2 Å². The molecule has 184 valence electrons. The van der Waals surface area contributed by atoms with E-state index in [9.17, 15) is 0 Å². The monoisotopic (exact) mass is 498 g/mol. The van der Waals surface area contributed by atoms with E-state index in [4.69, 9.17) is 21.7 Å². The molecule has 6 nitrogen and oxygen atoms in total. The number of aryl methyl sites for hydroxylation is 1. The molecule has 0 aliphatic carbocycles. The lowest BCUT2D eigenvalue weighted by molar-refractivity contribution is 0.413. The molecule has 1 N–H and O–H groups in total. The van der Waals surface area contributed by atoms with Crippen molar-refractivity contribution in [2.75, 3.05) is 12.0 Å². The van der Waals surface area contributed by atoms with Gasteiger partial charge in [0.25, 0.3) is 0 Å². The third-order valence-electron chi connectivity index (χ3n) is 6.76. The van der Waals surface area contributed by atoms with E-state index < -0.39 is 0 Å². The molecule has 5 rings (SSSR count). The maximum Gasteiger partial charge on any atom is 0.174 e. The molecule has 1 saturated heterocycles. The first-order valence-corrected chi connectivity index (χ1v) is 12.5. The zero-order chi connectivity index (χ0) is 25.2. The van der Waals surface area contributed by atoms with Crippen molar-refractivity contribution in [1.29, 1.82) is 0 Å². The molecule has 36 heavy (non-hydrogen) atoms. The zero-order valence-corrected chi connectivity index (χ0v) is 21.8. The number of ether oxygens (including phenoxy) is 2. The van der Waals surface area contributed by atoms with Crippen LogP contribution in [0.15, 0.2) is 79.0 Å². The summed E-state index contributed by atoms with van der Waals surface area (Å²) in [7, 11) is 1.65. The van der Waals surface area contributed by atoms with Gasteiger partial charge in [0.15, 0.2) is 5.11 Å². The van der Waals surface area contributed by atoms with Gasteiger partial charge >= 0.3 is 0 Å². The molecule has 1 aliphatic rings. The Hall–Kier alpha value is -3.84. The number of nitrogens with zero attached hydrogens (tertiary/aromatic N) is 3. The van der Waals surface area contributed by atoms with Gasteiger partial charge in [-0.15, -0.1) is 0 Å². The van der Waals surface area contributed by atoms with Crippen LogP contribution in [-0.2, 0) is 6.54 Å². The fourth-order valence-electron chi connectivity index (χ4n) is 5.02. The third kappa shape index (κ3) is 4.42. The van der Waals surface area contributed by atoms with Crippen molar-refractivity contribution >= 4 is 23.0 Å². The Morgan fingerprint density at radius 3 is 2.19 bits per heavy atom. The Kier molecular flexibility index (Phi) is 6.65. The van der Waals surface area contributed by atoms with Crippen LogP contribution in [0.4, 0.5) is 5.69 Å². The molecule has 4 aromatic rings. The first-order chi connectivity index (χ1) is 17.5. The van der Waals surface area contributed by atoms with Crippen molar-refractivity contribution < 1.29 is 9.47 Å². The Balaban J connectivity index is 1.50. The molecule has 0 spiro atoms. The molecular weight excluding hydrogens is 468 g/mol. The lowest BCUT2D eigenvalue weighted by Crippen LogP contribution is -2.29. The molecular formula is C29H30N4O2S. The maximum absolute atomic E-state index is 6.04. The van der Waals surface area contributed by atoms with Crippen LogP contribution >= 0.6 is 12.2 Å². The van der Waals surface area contributed by atoms with Gasteiger partial charge in [0.1, 0.15) is 17.2 Å². The quantitative estimate of drug-likeness (QED) is 0.294. The molecule has 1 fully saturated rings. The van der Waals surface area contributed by atoms with Crippen molar-refractivity contribution in [3.63, 3.8) is 0 Å². The molecule has 0 bridgehead atoms. The lowest BCUT2D eigenvalue weighted by Gasteiger charge is -2.28. The number of hydrogen-bond acceptors (Lipinski definition) is 4. The van der Waals surface area contributed by atoms with Crippen molar-refractivity contribution in [2.45, 2.75) is 39.4 Å². The molecule has 2 atom stereocenters. The summed E-state index contributed by atoms with van der Waals surface area (Å²) in [5, 5.41) is 4.23. The summed E-state index contributed by atoms with van der Waals surface area (Å²) in [6.45, 7) is 7.45. The molecule has 1 aliphatic heterocycles. The van der Waals surface area contributed by atoms with Crippen LogP contribution in [-0.4, -0.2) is 21.8 Å². The largest absolute Gasteiger partial charge is 0.497 e. The van der Waals surface area contributed by atoms with Gasteiger partial charge in [-0.25, -0.2) is 0 Å². The summed E-state index contributed by atoms with van der Waals surface area (Å²) in [5.41, 5.74) is 5.70. The van der Waals surface area contributed by atoms with Crippen LogP contribution < -0.4 is 19.7 Å². The van der Waals surface area contributed by atoms with Crippen LogP contribution in [0, 0.1) is 13.8 Å². The van der Waals surface area contributed by atoms with Crippen molar-refractivity contribution in [3.05, 3.63) is 102 Å². The van der Waals surface area contributed by atoms with E-state index in [1.807, 2.05) is 54.7 Å². The van der Waals surface area contributed by atoms with Gasteiger partial charge < -0.3 is 24.3 Å². The molecule has 3 heterocycles. The summed E-state index contributed by atoms with van der Waals surface area (Å²) >= 11 is 5.89.